The van der Waals surface area contributed by atoms with E-state index in [1.54, 1.807) is 28.8 Å². The zero-order valence-electron chi connectivity index (χ0n) is 20.2. The molecule has 0 saturated heterocycles. The van der Waals surface area contributed by atoms with Crippen molar-refractivity contribution in [1.82, 2.24) is 14.3 Å². The molecule has 0 aliphatic rings. The van der Waals surface area contributed by atoms with Crippen LogP contribution in [0.25, 0.3) is 27.5 Å². The van der Waals surface area contributed by atoms with Gasteiger partial charge in [0.2, 0.25) is 5.60 Å². The first-order valence-electron chi connectivity index (χ1n) is 11.5. The Labute approximate surface area is 210 Å². The quantitative estimate of drug-likeness (QED) is 0.220. The topological polar surface area (TPSA) is 46.2 Å². The number of allylic oxidation sites excluding steroid dienone is 1. The molecule has 0 bridgehead atoms. The molecule has 0 radical (unpaired) electrons. The Kier molecular flexibility index (Phi) is 5.83. The summed E-state index contributed by atoms with van der Waals surface area (Å²) in [6.45, 7) is 3.99. The maximum Gasteiger partial charge on any atom is 0.425 e. The molecular weight excluding hydrogens is 484 g/mol. The van der Waals surface area contributed by atoms with E-state index in [1.165, 1.54) is 59.5 Å². The molecule has 1 N–H and O–H groups in total. The zero-order chi connectivity index (χ0) is 26.5. The van der Waals surface area contributed by atoms with Crippen molar-refractivity contribution in [2.75, 3.05) is 19.0 Å². The highest BCUT2D eigenvalue weighted by atomic mass is 19.4. The third-order valence-electron chi connectivity index (χ3n) is 6.57. The molecule has 0 aliphatic heterocycles. The normalized spacial score (nSPS) is 13.7. The molecule has 0 amide bonds. The highest BCUT2D eigenvalue weighted by Crippen LogP contribution is 2.48. The number of rotatable bonds is 6. The number of hydrogen-bond donors (Lipinski definition) is 1. The molecule has 5 rings (SSSR count). The fourth-order valence-corrected chi connectivity index (χ4v) is 4.65. The van der Waals surface area contributed by atoms with Crippen molar-refractivity contribution in [3.8, 4) is 5.69 Å². The first-order valence-corrected chi connectivity index (χ1v) is 11.5. The Morgan fingerprint density at radius 3 is 2.38 bits per heavy atom. The number of anilines is 1. The average Bonchev–Trinajstić information content (AvgIpc) is 3.45. The molecule has 37 heavy (non-hydrogen) atoms. The van der Waals surface area contributed by atoms with Gasteiger partial charge >= 0.3 is 6.18 Å². The smallest absolute Gasteiger partial charge is 0.378 e. The summed E-state index contributed by atoms with van der Waals surface area (Å²) >= 11 is 0. The summed E-state index contributed by atoms with van der Waals surface area (Å²) in [6, 6.07) is 14.7. The van der Waals surface area contributed by atoms with Gasteiger partial charge in [0.25, 0.3) is 0 Å². The summed E-state index contributed by atoms with van der Waals surface area (Å²) in [7, 11) is 3.69. The number of alkyl halides is 3. The van der Waals surface area contributed by atoms with Crippen molar-refractivity contribution < 1.29 is 22.7 Å². The molecule has 0 fully saturated rings. The van der Waals surface area contributed by atoms with Gasteiger partial charge in [-0.1, -0.05) is 18.2 Å². The minimum Gasteiger partial charge on any atom is -0.378 e. The lowest BCUT2D eigenvalue weighted by molar-refractivity contribution is -0.247. The Balaban J connectivity index is 1.71. The maximum absolute atomic E-state index is 14.8. The SMILES string of the molecule is C=CCn1cc(C(O)(c2ccc3c(cnn3-c3ccc(F)cc3)c2)C(F)(F)F)c2ccc(N(C)C)cc21. The van der Waals surface area contributed by atoms with Crippen LogP contribution in [0.1, 0.15) is 11.1 Å². The summed E-state index contributed by atoms with van der Waals surface area (Å²) in [5.74, 6) is -0.411. The standard InChI is InChI=1S/C28H24F4N4O/c1-4-13-35-17-24(23-11-10-22(34(2)3)15-26(23)35)27(37,28(30,31)32)19-5-12-25-18(14-19)16-33-36(25)21-8-6-20(29)7-9-21/h4-12,14-17,37H,1,13H2,2-3H3. The van der Waals surface area contributed by atoms with E-state index < -0.39 is 17.6 Å². The molecule has 0 saturated carbocycles. The summed E-state index contributed by atoms with van der Waals surface area (Å²) in [6.07, 6.45) is -0.677. The van der Waals surface area contributed by atoms with Crippen LogP contribution in [0.3, 0.4) is 0 Å². The third kappa shape index (κ3) is 3.95. The van der Waals surface area contributed by atoms with Crippen LogP contribution in [0.15, 0.2) is 85.7 Å². The lowest BCUT2D eigenvalue weighted by Gasteiger charge is -2.31. The maximum atomic E-state index is 14.8. The van der Waals surface area contributed by atoms with Crippen LogP contribution in [-0.4, -0.2) is 39.7 Å². The van der Waals surface area contributed by atoms with Gasteiger partial charge in [0, 0.05) is 48.9 Å². The van der Waals surface area contributed by atoms with Crippen molar-refractivity contribution in [3.05, 3.63) is 103 Å². The molecule has 9 heteroatoms. The van der Waals surface area contributed by atoms with Gasteiger partial charge < -0.3 is 14.6 Å². The minimum absolute atomic E-state index is 0.269. The predicted molar refractivity (Wildman–Crippen MR) is 137 cm³/mol. The second kappa shape index (κ2) is 8.77. The molecule has 1 unspecified atom stereocenters. The molecule has 5 nitrogen and oxygen atoms in total. The largest absolute Gasteiger partial charge is 0.425 e. The molecule has 190 valence electrons. The van der Waals surface area contributed by atoms with E-state index in [0.717, 1.165) is 5.69 Å². The lowest BCUT2D eigenvalue weighted by atomic mass is 9.85. The van der Waals surface area contributed by atoms with Gasteiger partial charge in [0.15, 0.2) is 0 Å². The number of benzene rings is 3. The monoisotopic (exact) mass is 508 g/mol. The number of aromatic nitrogens is 3. The summed E-state index contributed by atoms with van der Waals surface area (Å²) in [5, 5.41) is 16.5. The second-order valence-corrected chi connectivity index (χ2v) is 9.09. The number of hydrogen-bond acceptors (Lipinski definition) is 3. The van der Waals surface area contributed by atoms with Crippen molar-refractivity contribution in [1.29, 1.82) is 0 Å². The molecule has 2 aromatic heterocycles. The van der Waals surface area contributed by atoms with Gasteiger partial charge in [0.05, 0.1) is 22.9 Å². The van der Waals surface area contributed by atoms with Crippen LogP contribution < -0.4 is 4.90 Å². The van der Waals surface area contributed by atoms with E-state index in [4.69, 9.17) is 0 Å². The minimum atomic E-state index is -5.03. The summed E-state index contributed by atoms with van der Waals surface area (Å²) in [4.78, 5) is 1.85. The van der Waals surface area contributed by atoms with Gasteiger partial charge in [-0.05, 0) is 54.1 Å². The Bertz CT molecular complexity index is 1620. The molecule has 0 spiro atoms. The number of fused-ring (bicyclic) bond motifs is 2. The zero-order valence-corrected chi connectivity index (χ0v) is 20.2. The fraction of sp³-hybridized carbons (Fsp3) is 0.179. The second-order valence-electron chi connectivity index (χ2n) is 9.09. The third-order valence-corrected chi connectivity index (χ3v) is 6.57. The molecule has 1 atom stereocenters. The molecule has 0 aliphatic carbocycles. The van der Waals surface area contributed by atoms with Gasteiger partial charge in [-0.3, -0.25) is 0 Å². The summed E-state index contributed by atoms with van der Waals surface area (Å²) in [5.41, 5.74) is -1.46. The van der Waals surface area contributed by atoms with Gasteiger partial charge in [-0.15, -0.1) is 6.58 Å². The Hall–Kier alpha value is -4.11. The molecular formula is C28H24F4N4O. The van der Waals surface area contributed by atoms with E-state index in [0.29, 0.717) is 22.1 Å². The van der Waals surface area contributed by atoms with Gasteiger partial charge in [-0.2, -0.15) is 18.3 Å². The van der Waals surface area contributed by atoms with E-state index in [2.05, 4.69) is 11.7 Å². The average molecular weight is 509 g/mol. The van der Waals surface area contributed by atoms with E-state index in [9.17, 15) is 22.7 Å². The predicted octanol–water partition coefficient (Wildman–Crippen LogP) is 6.17. The number of aliphatic hydroxyl groups is 1. The molecule has 2 heterocycles. The van der Waals surface area contributed by atoms with Crippen LogP contribution in [0.2, 0.25) is 0 Å². The Morgan fingerprint density at radius 2 is 1.73 bits per heavy atom. The van der Waals surface area contributed by atoms with Crippen LogP contribution in [0.5, 0.6) is 0 Å². The van der Waals surface area contributed by atoms with E-state index in [1.807, 2.05) is 19.0 Å². The first-order chi connectivity index (χ1) is 17.5. The van der Waals surface area contributed by atoms with Gasteiger partial charge in [0.1, 0.15) is 5.82 Å². The Morgan fingerprint density at radius 1 is 1.00 bits per heavy atom. The van der Waals surface area contributed by atoms with Crippen LogP contribution in [0, 0.1) is 5.82 Å². The highest BCUT2D eigenvalue weighted by molar-refractivity contribution is 5.89. The van der Waals surface area contributed by atoms with E-state index >= 15 is 0 Å². The van der Waals surface area contributed by atoms with Crippen LogP contribution >= 0.6 is 0 Å². The van der Waals surface area contributed by atoms with Crippen molar-refractivity contribution in [2.45, 2.75) is 18.3 Å². The number of nitrogens with zero attached hydrogens (tertiary/aromatic N) is 4. The van der Waals surface area contributed by atoms with Crippen molar-refractivity contribution in [3.63, 3.8) is 0 Å². The van der Waals surface area contributed by atoms with Crippen LogP contribution in [0.4, 0.5) is 23.2 Å². The molecule has 5 aromatic rings. The van der Waals surface area contributed by atoms with Crippen molar-refractivity contribution in [2.24, 2.45) is 0 Å². The van der Waals surface area contributed by atoms with E-state index in [-0.39, 0.29) is 23.1 Å². The first kappa shape index (κ1) is 24.6. The van der Waals surface area contributed by atoms with Crippen molar-refractivity contribution >= 4 is 27.5 Å². The fourth-order valence-electron chi connectivity index (χ4n) is 4.65. The highest BCUT2D eigenvalue weighted by Gasteiger charge is 2.57. The van der Waals surface area contributed by atoms with Gasteiger partial charge in [-0.25, -0.2) is 9.07 Å². The lowest BCUT2D eigenvalue weighted by Crippen LogP contribution is -2.43. The van der Waals surface area contributed by atoms with Crippen LogP contribution in [-0.2, 0) is 12.1 Å². The summed E-state index contributed by atoms with van der Waals surface area (Å²) < 4.78 is 60.8. The number of halogens is 4. The molecule has 3 aromatic carbocycles.